The second kappa shape index (κ2) is 10.7. The highest BCUT2D eigenvalue weighted by Crippen LogP contribution is 2.40. The molecule has 40 heavy (non-hydrogen) atoms. The zero-order valence-corrected chi connectivity index (χ0v) is 21.6. The molecule has 4 aromatic carbocycles. The third kappa shape index (κ3) is 5.41. The maximum absolute atomic E-state index is 12.5. The summed E-state index contributed by atoms with van der Waals surface area (Å²) in [5.41, 5.74) is -3.10. The Balaban J connectivity index is 0.000000406. The van der Waals surface area contributed by atoms with Gasteiger partial charge in [-0.3, -0.25) is 0 Å². The lowest BCUT2D eigenvalue weighted by Gasteiger charge is -2.15. The zero-order chi connectivity index (χ0) is 29.4. The molecule has 0 unspecified atom stereocenters. The normalized spacial score (nSPS) is 11.8. The summed E-state index contributed by atoms with van der Waals surface area (Å²) in [6.07, 6.45) is 0. The fourth-order valence-electron chi connectivity index (χ4n) is 4.47. The van der Waals surface area contributed by atoms with Crippen molar-refractivity contribution in [1.29, 1.82) is 0 Å². The minimum atomic E-state index is -6.09. The molecule has 5 rings (SSSR count). The zero-order valence-electron chi connectivity index (χ0n) is 20.0. The van der Waals surface area contributed by atoms with Crippen LogP contribution in [0.25, 0.3) is 43.7 Å². The van der Waals surface area contributed by atoms with E-state index in [1.54, 1.807) is 47.0 Å². The summed E-state index contributed by atoms with van der Waals surface area (Å²) < 4.78 is 60.5. The number of rotatable bonds is 4. The minimum Gasteiger partial charge on any atom is -0.741 e. The van der Waals surface area contributed by atoms with Crippen LogP contribution in [0.15, 0.2) is 78.9 Å². The van der Waals surface area contributed by atoms with Crippen molar-refractivity contribution in [2.75, 3.05) is 0 Å². The van der Waals surface area contributed by atoms with E-state index in [4.69, 9.17) is 24.6 Å². The molecule has 0 radical (unpaired) electrons. The Hall–Kier alpha value is -4.26. The summed E-state index contributed by atoms with van der Waals surface area (Å²) in [5.74, 6) is -2.10. The first-order chi connectivity index (χ1) is 18.7. The number of carbonyl (C=O) groups is 2. The molecule has 0 fully saturated rings. The van der Waals surface area contributed by atoms with Gasteiger partial charge in [0.1, 0.15) is 0 Å². The Morgan fingerprint density at radius 3 is 2.02 bits per heavy atom. The number of pyridine rings is 1. The Morgan fingerprint density at radius 1 is 0.850 bits per heavy atom. The number of aromatic carboxylic acids is 1. The molecule has 0 spiro atoms. The predicted molar refractivity (Wildman–Crippen MR) is 140 cm³/mol. The molecule has 0 saturated carbocycles. The van der Waals surface area contributed by atoms with E-state index in [0.717, 1.165) is 16.3 Å². The maximum Gasteiger partial charge on any atom is 0.485 e. The molecule has 1 heterocycles. The van der Waals surface area contributed by atoms with E-state index in [9.17, 15) is 33.0 Å². The number of halogens is 4. The third-order valence-electron chi connectivity index (χ3n) is 5.99. The van der Waals surface area contributed by atoms with Crippen molar-refractivity contribution in [2.24, 2.45) is 0 Å². The lowest BCUT2D eigenvalue weighted by molar-refractivity contribution is -0.633. The van der Waals surface area contributed by atoms with E-state index >= 15 is 0 Å². The van der Waals surface area contributed by atoms with Crippen molar-refractivity contribution in [3.63, 3.8) is 0 Å². The smallest absolute Gasteiger partial charge is 0.485 e. The highest BCUT2D eigenvalue weighted by Gasteiger charge is 2.37. The number of aromatic nitrogens is 1. The molecule has 0 saturated heterocycles. The molecule has 0 aliphatic heterocycles. The third-order valence-corrected chi connectivity index (χ3v) is 6.87. The summed E-state index contributed by atoms with van der Waals surface area (Å²) in [7, 11) is -6.09. The van der Waals surface area contributed by atoms with Gasteiger partial charge in [0.25, 0.3) is 0 Å². The summed E-state index contributed by atoms with van der Waals surface area (Å²) in [4.78, 5) is 24.2. The quantitative estimate of drug-likeness (QED) is 0.120. The molecule has 8 nitrogen and oxygen atoms in total. The average Bonchev–Trinajstić information content (AvgIpc) is 2.87. The van der Waals surface area contributed by atoms with Crippen LogP contribution in [0, 0.1) is 0 Å². The van der Waals surface area contributed by atoms with E-state index in [-0.39, 0.29) is 12.1 Å². The first-order valence-electron chi connectivity index (χ1n) is 11.2. The largest absolute Gasteiger partial charge is 0.741 e. The molecule has 206 valence electrons. The molecule has 1 aromatic heterocycles. The van der Waals surface area contributed by atoms with E-state index in [1.807, 2.05) is 36.4 Å². The average molecular weight is 592 g/mol. The van der Waals surface area contributed by atoms with Gasteiger partial charge in [-0.1, -0.05) is 66.2 Å². The van der Waals surface area contributed by atoms with Crippen molar-refractivity contribution < 1.29 is 50.5 Å². The van der Waals surface area contributed by atoms with Crippen molar-refractivity contribution in [1.82, 2.24) is 0 Å². The maximum atomic E-state index is 12.5. The highest BCUT2D eigenvalue weighted by atomic mass is 35.5. The van der Waals surface area contributed by atoms with Crippen molar-refractivity contribution >= 4 is 66.2 Å². The van der Waals surface area contributed by atoms with Gasteiger partial charge in [0.2, 0.25) is 17.6 Å². The van der Waals surface area contributed by atoms with Gasteiger partial charge < -0.3 is 14.8 Å². The number of aliphatic carboxylic acids is 1. The summed E-state index contributed by atoms with van der Waals surface area (Å²) in [6, 6.07) is 23.8. The number of benzene rings is 4. The second-order valence-corrected chi connectivity index (χ2v) is 10.2. The van der Waals surface area contributed by atoms with Crippen molar-refractivity contribution in [2.45, 2.75) is 12.1 Å². The van der Waals surface area contributed by atoms with Gasteiger partial charge >= 0.3 is 17.4 Å². The number of nitrogens with zero attached hydrogens (tertiary/aromatic N) is 1. The summed E-state index contributed by atoms with van der Waals surface area (Å²) in [5, 5.41) is 23.1. The van der Waals surface area contributed by atoms with Crippen LogP contribution in [0.2, 0.25) is 5.02 Å². The van der Waals surface area contributed by atoms with Crippen LogP contribution >= 0.6 is 11.6 Å². The van der Waals surface area contributed by atoms with Gasteiger partial charge in [-0.25, -0.2) is 18.0 Å². The van der Waals surface area contributed by atoms with Gasteiger partial charge in [-0.15, -0.1) is 0 Å². The molecule has 5 aromatic rings. The molecule has 13 heteroatoms. The van der Waals surface area contributed by atoms with E-state index < -0.39 is 27.6 Å². The molecule has 0 aliphatic rings. The van der Waals surface area contributed by atoms with E-state index in [1.165, 1.54) is 0 Å². The summed E-state index contributed by atoms with van der Waals surface area (Å²) in [6.45, 7) is -0.302. The van der Waals surface area contributed by atoms with Gasteiger partial charge in [0.05, 0.1) is 16.3 Å². The molecular weight excluding hydrogens is 575 g/mol. The van der Waals surface area contributed by atoms with Crippen LogP contribution in [0.5, 0.6) is 0 Å². The first-order valence-corrected chi connectivity index (χ1v) is 13.0. The predicted octanol–water partition coefficient (Wildman–Crippen LogP) is 5.59. The standard InChI is InChI=1S/C26H16ClNO4.CHF3O3S/c27-19-13-12-15-6-1-2-7-16(15)23(19)18-9-5-11-21-24(18)25(26(31)32)17-8-3-4-10-20(17)28(21)14-22(29)30;2-1(3,4)8(5,6)7/h1-13H,14H2,(H-,29,30,31,32);(H,5,6,7). The Bertz CT molecular complexity index is 1930. The number of para-hydroxylation sites is 1. The highest BCUT2D eigenvalue weighted by molar-refractivity contribution is 7.86. The van der Waals surface area contributed by atoms with Crippen LogP contribution in [0.3, 0.4) is 0 Å². The number of carboxylic acid groups (broad SMARTS) is 2. The van der Waals surface area contributed by atoms with E-state index in [0.29, 0.717) is 32.4 Å². The first kappa shape index (κ1) is 28.7. The van der Waals surface area contributed by atoms with Crippen molar-refractivity contribution in [3.05, 3.63) is 89.4 Å². The monoisotopic (exact) mass is 591 g/mol. The van der Waals surface area contributed by atoms with Gasteiger partial charge in [-0.05, 0) is 28.5 Å². The molecule has 2 N–H and O–H groups in total. The van der Waals surface area contributed by atoms with Crippen LogP contribution in [0.4, 0.5) is 13.2 Å². The number of hydrogen-bond acceptors (Lipinski definition) is 5. The summed E-state index contributed by atoms with van der Waals surface area (Å²) >= 11 is 6.66. The van der Waals surface area contributed by atoms with Crippen LogP contribution in [-0.2, 0) is 21.5 Å². The molecular formula is C27H17ClF3NO7S. The Kier molecular flexibility index (Phi) is 7.70. The topological polar surface area (TPSA) is 136 Å². The van der Waals surface area contributed by atoms with Gasteiger partial charge in [0, 0.05) is 22.7 Å². The Labute approximate surface area is 229 Å². The van der Waals surface area contributed by atoms with E-state index in [2.05, 4.69) is 0 Å². The Morgan fingerprint density at radius 2 is 1.43 bits per heavy atom. The minimum absolute atomic E-state index is 0.122. The molecule has 0 aliphatic carbocycles. The molecule has 0 bridgehead atoms. The van der Waals surface area contributed by atoms with Gasteiger partial charge in [-0.2, -0.15) is 17.7 Å². The second-order valence-electron chi connectivity index (χ2n) is 8.42. The molecule has 0 amide bonds. The fourth-order valence-corrected chi connectivity index (χ4v) is 4.73. The SMILES string of the molecule is O=C(O)C[n+]1c2ccccc2c(C(=O)O)c2c(-c3c(Cl)ccc4ccccc34)cccc21.O=S(=O)([O-])C(F)(F)F. The van der Waals surface area contributed by atoms with Crippen molar-refractivity contribution in [3.8, 4) is 11.1 Å². The van der Waals surface area contributed by atoms with Crippen LogP contribution in [0.1, 0.15) is 10.4 Å². The fraction of sp³-hybridized carbons (Fsp3) is 0.0741. The van der Waals surface area contributed by atoms with Gasteiger partial charge in [0.15, 0.2) is 10.1 Å². The number of hydrogen-bond donors (Lipinski definition) is 2. The number of carboxylic acids is 2. The number of alkyl halides is 3. The lowest BCUT2D eigenvalue weighted by Crippen LogP contribution is -2.40. The lowest BCUT2D eigenvalue weighted by atomic mass is 9.91. The number of fused-ring (bicyclic) bond motifs is 3. The van der Waals surface area contributed by atoms with Crippen LogP contribution in [-0.4, -0.2) is 40.6 Å². The molecule has 0 atom stereocenters. The van der Waals surface area contributed by atoms with Crippen LogP contribution < -0.4 is 4.57 Å².